The lowest BCUT2D eigenvalue weighted by atomic mass is 9.85. The number of nitrogens with one attached hydrogen (secondary N) is 4. The molecule has 5 amide bonds. The van der Waals surface area contributed by atoms with E-state index >= 15 is 0 Å². The number of likely N-dealkylation sites (tertiary alicyclic amines) is 2. The molecule has 80 heavy (non-hydrogen) atoms. The van der Waals surface area contributed by atoms with Gasteiger partial charge in [0, 0.05) is 25.7 Å². The Morgan fingerprint density at radius 2 is 0.825 bits per heavy atom. The summed E-state index contributed by atoms with van der Waals surface area (Å²) in [6, 6.07) is -3.21. The summed E-state index contributed by atoms with van der Waals surface area (Å²) < 4.78 is 15.6. The summed E-state index contributed by atoms with van der Waals surface area (Å²) in [7, 11) is 0. The molecular formula is C60H108N6O14. The maximum absolute atomic E-state index is 13.3. The van der Waals surface area contributed by atoms with Crippen LogP contribution in [0.25, 0.3) is 0 Å². The molecule has 0 aromatic heterocycles. The van der Waals surface area contributed by atoms with Crippen molar-refractivity contribution < 1.29 is 68.2 Å². The molecular weight excluding hydrogens is 1030 g/mol. The quantitative estimate of drug-likeness (QED) is 0.100. The highest BCUT2D eigenvalue weighted by atomic mass is 16.6. The first-order valence-corrected chi connectivity index (χ1v) is 28.6. The topological polar surface area (TPSA) is 283 Å². The van der Waals surface area contributed by atoms with Crippen molar-refractivity contribution in [1.82, 2.24) is 31.1 Å². The third-order valence-corrected chi connectivity index (χ3v) is 17.2. The molecule has 3 saturated heterocycles. The molecule has 6 fully saturated rings. The minimum atomic E-state index is -1.07. The molecule has 6 rings (SSSR count). The number of ether oxygens (including phenoxy) is 3. The van der Waals surface area contributed by atoms with Gasteiger partial charge in [-0.2, -0.15) is 0 Å². The SMILES string of the molecule is CC(C)(C)OC(=O)N[C@H](C(=O)N1CC2(C[C@H]1C(=O)O)CC2(C)C)C(C)(C)C.CC(C)(C)OC(=O)N[C@H](C(=O)N1CC2(C[C@H]1CO)CC2(C)C)C(C)(C)C.CC(C)(C)OC(=O)N[C@H](C(=O)O)C(C)(C)C.CC1(C)CC12CN[C@H](CO)C2. The van der Waals surface area contributed by atoms with Crippen LogP contribution in [0.5, 0.6) is 0 Å². The number of carbonyl (C=O) groups is 7. The number of hydrogen-bond donors (Lipinski definition) is 8. The van der Waals surface area contributed by atoms with E-state index < -0.39 is 87.4 Å². The highest BCUT2D eigenvalue weighted by molar-refractivity contribution is 5.91. The molecule has 20 nitrogen and oxygen atoms in total. The summed E-state index contributed by atoms with van der Waals surface area (Å²) in [5, 5.41) is 48.6. The molecule has 3 aliphatic carbocycles. The van der Waals surface area contributed by atoms with E-state index in [0.717, 1.165) is 25.8 Å². The van der Waals surface area contributed by atoms with E-state index in [9.17, 15) is 43.8 Å². The molecule has 0 aromatic rings. The number of hydrogen-bond acceptors (Lipinski definition) is 13. The zero-order valence-electron chi connectivity index (χ0n) is 53.5. The van der Waals surface area contributed by atoms with Crippen LogP contribution in [0.1, 0.15) is 205 Å². The van der Waals surface area contributed by atoms with Gasteiger partial charge in [-0.1, -0.05) is 104 Å². The Kier molecular flexibility index (Phi) is 20.7. The molecule has 20 heteroatoms. The van der Waals surface area contributed by atoms with Crippen LogP contribution in [-0.4, -0.2) is 158 Å². The number of nitrogens with zero attached hydrogens (tertiary/aromatic N) is 2. The van der Waals surface area contributed by atoms with Gasteiger partial charge in [-0.3, -0.25) is 9.59 Å². The first-order chi connectivity index (χ1) is 35.6. The summed E-state index contributed by atoms with van der Waals surface area (Å²) >= 11 is 0. The maximum atomic E-state index is 13.3. The second-order valence-corrected chi connectivity index (χ2v) is 32.2. The Bertz CT molecular complexity index is 2260. The van der Waals surface area contributed by atoms with Crippen molar-refractivity contribution in [3.8, 4) is 0 Å². The van der Waals surface area contributed by atoms with E-state index in [1.54, 1.807) is 88.0 Å². The van der Waals surface area contributed by atoms with E-state index in [0.29, 0.717) is 43.0 Å². The maximum Gasteiger partial charge on any atom is 0.408 e. The Morgan fingerprint density at radius 3 is 1.09 bits per heavy atom. The van der Waals surface area contributed by atoms with Gasteiger partial charge >= 0.3 is 30.2 Å². The monoisotopic (exact) mass is 1140 g/mol. The summed E-state index contributed by atoms with van der Waals surface area (Å²) in [4.78, 5) is 88.7. The van der Waals surface area contributed by atoms with Crippen LogP contribution < -0.4 is 21.3 Å². The van der Waals surface area contributed by atoms with Crippen molar-refractivity contribution in [3.05, 3.63) is 0 Å². The van der Waals surface area contributed by atoms with Gasteiger partial charge in [0.05, 0.1) is 19.3 Å². The zero-order chi connectivity index (χ0) is 62.4. The molecule has 3 spiro atoms. The minimum absolute atomic E-state index is 0.0333. The van der Waals surface area contributed by atoms with Crippen molar-refractivity contribution in [2.45, 2.75) is 258 Å². The van der Waals surface area contributed by atoms with Crippen LogP contribution in [0, 0.1) is 48.7 Å². The lowest BCUT2D eigenvalue weighted by molar-refractivity contribution is -0.150. The van der Waals surface area contributed by atoms with Gasteiger partial charge in [-0.15, -0.1) is 0 Å². The fourth-order valence-corrected chi connectivity index (χ4v) is 11.9. The van der Waals surface area contributed by atoms with E-state index in [4.69, 9.17) is 24.4 Å². The summed E-state index contributed by atoms with van der Waals surface area (Å²) in [5.41, 5.74) is -2.30. The zero-order valence-corrected chi connectivity index (χ0v) is 53.5. The first-order valence-electron chi connectivity index (χ1n) is 28.6. The molecule has 6 aliphatic rings. The fourth-order valence-electron chi connectivity index (χ4n) is 11.9. The van der Waals surface area contributed by atoms with Crippen molar-refractivity contribution in [2.24, 2.45) is 48.7 Å². The predicted octanol–water partition coefficient (Wildman–Crippen LogP) is 8.73. The highest BCUT2D eigenvalue weighted by Crippen LogP contribution is 2.70. The number of aliphatic carboxylic acids is 2. The number of carboxylic acids is 2. The number of carboxylic acid groups (broad SMARTS) is 2. The standard InChI is InChI=1S/C20H34N2O5.C20H36N2O4.C11H21NO4.C9H17NO/c1-17(2,3)13(21-16(26)27-18(4,5)6)14(23)22-11-20(10-19(20,7)8)9-12(22)15(24)25;1-17(2,3)14(21-16(25)26-18(4,5)6)15(24)22-12-20(9-13(22)10-23)11-19(20,7)8;1-10(2,3)7(8(13)14)12-9(15)16-11(4,5)6;1-8(2)5-9(8)3-7(4-11)10-6-9/h12-13H,9-11H2,1-8H3,(H,21,26)(H,24,25);13-14,23H,9-12H2,1-8H3,(H,21,25);7H,1-6H3,(H,12,15)(H,13,14);7,10-11H,3-6H2,1-2H3/t12-,13+,20?;13-,14+,20?;7-;7-,9?/m0010/s1. The third kappa shape index (κ3) is 18.0. The van der Waals surface area contributed by atoms with Crippen molar-refractivity contribution >= 4 is 42.0 Å². The normalized spacial score (nSPS) is 28.1. The number of amides is 5. The summed E-state index contributed by atoms with van der Waals surface area (Å²) in [6.45, 7) is 48.1. The highest BCUT2D eigenvalue weighted by Gasteiger charge is 2.68. The third-order valence-electron chi connectivity index (χ3n) is 17.2. The number of rotatable bonds is 9. The van der Waals surface area contributed by atoms with Gasteiger partial charge in [0.15, 0.2) is 0 Å². The van der Waals surface area contributed by atoms with Gasteiger partial charge in [0.2, 0.25) is 11.8 Å². The van der Waals surface area contributed by atoms with Crippen LogP contribution in [0.4, 0.5) is 14.4 Å². The smallest absolute Gasteiger partial charge is 0.408 e. The average Bonchev–Trinajstić information content (AvgIpc) is 3.82. The second kappa shape index (κ2) is 23.7. The molecule has 0 aromatic carbocycles. The van der Waals surface area contributed by atoms with E-state index in [1.807, 2.05) is 41.5 Å². The lowest BCUT2D eigenvalue weighted by Gasteiger charge is -2.35. The second-order valence-electron chi connectivity index (χ2n) is 32.2. The minimum Gasteiger partial charge on any atom is -0.480 e. The number of carbonyl (C=O) groups excluding carboxylic acids is 5. The Hall–Kier alpha value is -4.43. The number of aliphatic hydroxyl groups is 2. The predicted molar refractivity (Wildman–Crippen MR) is 306 cm³/mol. The van der Waals surface area contributed by atoms with Crippen molar-refractivity contribution in [3.63, 3.8) is 0 Å². The molecule has 3 aliphatic heterocycles. The Morgan fingerprint density at radius 1 is 0.500 bits per heavy atom. The summed E-state index contributed by atoms with van der Waals surface area (Å²) in [5.74, 6) is -2.56. The molecule has 9 atom stereocenters. The number of aliphatic hydroxyl groups excluding tert-OH is 2. The molecule has 462 valence electrons. The largest absolute Gasteiger partial charge is 0.480 e. The van der Waals surface area contributed by atoms with Crippen molar-refractivity contribution in [2.75, 3.05) is 32.8 Å². The fraction of sp³-hybridized carbons (Fsp3) is 0.883. The van der Waals surface area contributed by atoms with Gasteiger partial charge in [0.25, 0.3) is 0 Å². The van der Waals surface area contributed by atoms with Crippen LogP contribution in [0.3, 0.4) is 0 Å². The van der Waals surface area contributed by atoms with E-state index in [2.05, 4.69) is 62.8 Å². The molecule has 3 heterocycles. The van der Waals surface area contributed by atoms with Gasteiger partial charge in [-0.05, 0) is 150 Å². The lowest BCUT2D eigenvalue weighted by Crippen LogP contribution is -2.57. The molecule has 3 unspecified atom stereocenters. The van der Waals surface area contributed by atoms with Crippen molar-refractivity contribution in [1.29, 1.82) is 0 Å². The van der Waals surface area contributed by atoms with Gasteiger partial charge < -0.3 is 65.7 Å². The molecule has 0 radical (unpaired) electrons. The number of alkyl carbamates (subject to hydrolysis) is 3. The first kappa shape index (κ1) is 69.8. The molecule has 8 N–H and O–H groups in total. The van der Waals surface area contributed by atoms with E-state index in [-0.39, 0.29) is 46.1 Å². The van der Waals surface area contributed by atoms with Crippen LogP contribution >= 0.6 is 0 Å². The Labute approximate surface area is 479 Å². The van der Waals surface area contributed by atoms with Crippen LogP contribution in [-0.2, 0) is 33.4 Å². The van der Waals surface area contributed by atoms with Gasteiger partial charge in [-0.25, -0.2) is 24.0 Å². The van der Waals surface area contributed by atoms with Crippen LogP contribution in [0.2, 0.25) is 0 Å². The van der Waals surface area contributed by atoms with Gasteiger partial charge in [0.1, 0.15) is 41.0 Å². The Balaban J connectivity index is 0.000000295. The molecule has 3 saturated carbocycles. The summed E-state index contributed by atoms with van der Waals surface area (Å²) in [6.07, 6.45) is 3.80. The van der Waals surface area contributed by atoms with E-state index in [1.165, 1.54) is 17.7 Å². The average molecular weight is 1140 g/mol. The van der Waals surface area contributed by atoms with Crippen LogP contribution in [0.15, 0.2) is 0 Å². The molecule has 0 bridgehead atoms.